The third kappa shape index (κ3) is 3.36. The second-order valence-corrected chi connectivity index (χ2v) is 7.98. The number of rotatable bonds is 3. The van der Waals surface area contributed by atoms with Gasteiger partial charge in [0.2, 0.25) is 0 Å². The van der Waals surface area contributed by atoms with Crippen LogP contribution in [0.1, 0.15) is 40.6 Å². The predicted molar refractivity (Wildman–Crippen MR) is 122 cm³/mol. The van der Waals surface area contributed by atoms with Crippen molar-refractivity contribution in [3.8, 4) is 5.69 Å². The summed E-state index contributed by atoms with van der Waals surface area (Å²) >= 11 is 0. The Labute approximate surface area is 177 Å². The summed E-state index contributed by atoms with van der Waals surface area (Å²) in [5, 5.41) is 10.7. The topological polar surface area (TPSA) is 50.5 Å². The van der Waals surface area contributed by atoms with Gasteiger partial charge in [0.1, 0.15) is 0 Å². The summed E-state index contributed by atoms with van der Waals surface area (Å²) in [6, 6.07) is 14.1. The van der Waals surface area contributed by atoms with Gasteiger partial charge in [-0.15, -0.1) is 0 Å². The van der Waals surface area contributed by atoms with Gasteiger partial charge in [-0.2, -0.15) is 15.2 Å². The molecule has 0 unspecified atom stereocenters. The van der Waals surface area contributed by atoms with Crippen molar-refractivity contribution in [1.29, 1.82) is 0 Å². The van der Waals surface area contributed by atoms with Gasteiger partial charge in [0.05, 0.1) is 28.4 Å². The molecule has 1 amide bonds. The molecule has 0 saturated heterocycles. The number of carbonyl (C=O) groups is 1. The minimum atomic E-state index is -0.116. The third-order valence-corrected chi connectivity index (χ3v) is 5.56. The van der Waals surface area contributed by atoms with Crippen LogP contribution in [0.2, 0.25) is 0 Å². The van der Waals surface area contributed by atoms with Gasteiger partial charge in [-0.1, -0.05) is 35.4 Å². The van der Waals surface area contributed by atoms with Crippen LogP contribution >= 0.6 is 0 Å². The summed E-state index contributed by atoms with van der Waals surface area (Å²) in [5.74, 6) is -0.116. The summed E-state index contributed by atoms with van der Waals surface area (Å²) in [6.45, 7) is 12.1. The zero-order chi connectivity index (χ0) is 21.6. The molecule has 5 nitrogen and oxygen atoms in total. The number of hydrogen-bond acceptors (Lipinski definition) is 3. The van der Waals surface area contributed by atoms with E-state index in [1.165, 1.54) is 16.1 Å². The standard InChI is InChI=1S/C25H26N4O/c1-15-7-10-21(11-8-15)29-25(30)23(19(5)27-29)14-22-18(4)26-28(20(22)6)24-12-9-16(2)13-17(24)3/h7-14H,1-6H3/b23-14-. The molecule has 0 radical (unpaired) electrons. The van der Waals surface area contributed by atoms with E-state index in [9.17, 15) is 4.79 Å². The molecule has 0 N–H and O–H groups in total. The molecule has 152 valence electrons. The number of hydrazone groups is 1. The first-order valence-electron chi connectivity index (χ1n) is 10.1. The lowest BCUT2D eigenvalue weighted by Gasteiger charge is -2.11. The lowest BCUT2D eigenvalue weighted by molar-refractivity contribution is -0.114. The maximum absolute atomic E-state index is 13.1. The van der Waals surface area contributed by atoms with Crippen molar-refractivity contribution in [3.63, 3.8) is 0 Å². The molecule has 1 aliphatic rings. The van der Waals surface area contributed by atoms with Crippen LogP contribution in [0.3, 0.4) is 0 Å². The van der Waals surface area contributed by atoms with Crippen LogP contribution in [-0.4, -0.2) is 21.4 Å². The van der Waals surface area contributed by atoms with Gasteiger partial charge in [-0.3, -0.25) is 4.79 Å². The fourth-order valence-corrected chi connectivity index (χ4v) is 3.83. The summed E-state index contributed by atoms with van der Waals surface area (Å²) in [6.07, 6.45) is 1.92. The van der Waals surface area contributed by atoms with Crippen LogP contribution in [0.25, 0.3) is 11.8 Å². The summed E-state index contributed by atoms with van der Waals surface area (Å²) in [5.41, 5.74) is 9.50. The first-order chi connectivity index (χ1) is 14.3. The van der Waals surface area contributed by atoms with Gasteiger partial charge in [-0.25, -0.2) is 4.68 Å². The minimum absolute atomic E-state index is 0.116. The number of benzene rings is 2. The van der Waals surface area contributed by atoms with Gasteiger partial charge in [0.25, 0.3) is 5.91 Å². The van der Waals surface area contributed by atoms with Gasteiger partial charge in [0, 0.05) is 11.3 Å². The second-order valence-electron chi connectivity index (χ2n) is 7.98. The quantitative estimate of drug-likeness (QED) is 0.568. The van der Waals surface area contributed by atoms with E-state index in [0.717, 1.165) is 33.9 Å². The fraction of sp³-hybridized carbons (Fsp3) is 0.240. The van der Waals surface area contributed by atoms with E-state index >= 15 is 0 Å². The molecular formula is C25H26N4O. The van der Waals surface area contributed by atoms with Crippen molar-refractivity contribution in [3.05, 3.63) is 81.7 Å². The van der Waals surface area contributed by atoms with Gasteiger partial charge < -0.3 is 0 Å². The number of hydrogen-bond donors (Lipinski definition) is 0. The number of aryl methyl sites for hydroxylation is 4. The van der Waals surface area contributed by atoms with E-state index in [-0.39, 0.29) is 5.91 Å². The average molecular weight is 399 g/mol. The van der Waals surface area contributed by atoms with Crippen LogP contribution in [-0.2, 0) is 4.79 Å². The van der Waals surface area contributed by atoms with Crippen LogP contribution in [0.15, 0.2) is 53.1 Å². The van der Waals surface area contributed by atoms with Crippen LogP contribution in [0, 0.1) is 34.6 Å². The highest BCUT2D eigenvalue weighted by Gasteiger charge is 2.29. The molecule has 0 bridgehead atoms. The van der Waals surface area contributed by atoms with E-state index in [1.54, 1.807) is 0 Å². The molecule has 1 aliphatic heterocycles. The first-order valence-corrected chi connectivity index (χ1v) is 10.1. The van der Waals surface area contributed by atoms with Crippen molar-refractivity contribution >= 4 is 23.4 Å². The molecule has 0 saturated carbocycles. The molecule has 0 spiro atoms. The molecule has 2 heterocycles. The Balaban J connectivity index is 1.73. The number of carbonyl (C=O) groups excluding carboxylic acids is 1. The molecule has 0 aliphatic carbocycles. The number of aromatic nitrogens is 2. The van der Waals surface area contributed by atoms with Crippen molar-refractivity contribution in [2.75, 3.05) is 5.01 Å². The normalized spacial score (nSPS) is 15.3. The van der Waals surface area contributed by atoms with Crippen molar-refractivity contribution in [1.82, 2.24) is 9.78 Å². The lowest BCUT2D eigenvalue weighted by atomic mass is 10.1. The van der Waals surface area contributed by atoms with E-state index in [0.29, 0.717) is 11.3 Å². The predicted octanol–water partition coefficient (Wildman–Crippen LogP) is 5.22. The Bertz CT molecular complexity index is 1210. The second kappa shape index (κ2) is 7.41. The molecule has 2 aromatic carbocycles. The molecule has 1 aromatic heterocycles. The van der Waals surface area contributed by atoms with Gasteiger partial charge in [0.15, 0.2) is 0 Å². The van der Waals surface area contributed by atoms with Crippen LogP contribution in [0.5, 0.6) is 0 Å². The average Bonchev–Trinajstić information content (AvgIpc) is 3.13. The number of amides is 1. The zero-order valence-corrected chi connectivity index (χ0v) is 18.3. The van der Waals surface area contributed by atoms with Crippen molar-refractivity contribution < 1.29 is 4.79 Å². The van der Waals surface area contributed by atoms with E-state index in [4.69, 9.17) is 5.10 Å². The molecule has 0 fully saturated rings. The molecule has 30 heavy (non-hydrogen) atoms. The molecule has 3 aromatic rings. The van der Waals surface area contributed by atoms with Gasteiger partial charge in [-0.05, 0) is 71.4 Å². The molecular weight excluding hydrogens is 372 g/mol. The minimum Gasteiger partial charge on any atom is -0.267 e. The van der Waals surface area contributed by atoms with Gasteiger partial charge >= 0.3 is 0 Å². The van der Waals surface area contributed by atoms with Crippen molar-refractivity contribution in [2.45, 2.75) is 41.5 Å². The Morgan fingerprint density at radius 2 is 1.53 bits per heavy atom. The Morgan fingerprint density at radius 1 is 0.867 bits per heavy atom. The first kappa shape index (κ1) is 19.8. The van der Waals surface area contributed by atoms with Crippen LogP contribution in [0.4, 0.5) is 5.69 Å². The lowest BCUT2D eigenvalue weighted by Crippen LogP contribution is -2.21. The highest BCUT2D eigenvalue weighted by molar-refractivity contribution is 6.32. The maximum Gasteiger partial charge on any atom is 0.280 e. The number of anilines is 1. The molecule has 4 rings (SSSR count). The molecule has 0 atom stereocenters. The van der Waals surface area contributed by atoms with Crippen LogP contribution < -0.4 is 5.01 Å². The van der Waals surface area contributed by atoms with E-state index in [2.05, 4.69) is 37.1 Å². The van der Waals surface area contributed by atoms with Crippen molar-refractivity contribution in [2.24, 2.45) is 5.10 Å². The number of nitrogens with zero attached hydrogens (tertiary/aromatic N) is 4. The SMILES string of the molecule is CC1=NN(c2ccc(C)cc2)C(=O)/C1=C\c1c(C)nn(-c2ccc(C)cc2C)c1C. The molecule has 5 heteroatoms. The summed E-state index contributed by atoms with van der Waals surface area (Å²) in [7, 11) is 0. The maximum atomic E-state index is 13.1. The van der Waals surface area contributed by atoms with E-state index < -0.39 is 0 Å². The Morgan fingerprint density at radius 3 is 2.20 bits per heavy atom. The third-order valence-electron chi connectivity index (χ3n) is 5.56. The largest absolute Gasteiger partial charge is 0.280 e. The highest BCUT2D eigenvalue weighted by atomic mass is 16.2. The fourth-order valence-electron chi connectivity index (χ4n) is 3.83. The smallest absolute Gasteiger partial charge is 0.267 e. The summed E-state index contributed by atoms with van der Waals surface area (Å²) < 4.78 is 1.96. The Kier molecular flexibility index (Phi) is 4.90. The monoisotopic (exact) mass is 398 g/mol. The zero-order valence-electron chi connectivity index (χ0n) is 18.3. The highest BCUT2D eigenvalue weighted by Crippen LogP contribution is 2.28. The van der Waals surface area contributed by atoms with E-state index in [1.807, 2.05) is 62.7 Å². The Hall–Kier alpha value is -3.47. The summed E-state index contributed by atoms with van der Waals surface area (Å²) in [4.78, 5) is 13.1.